The minimum atomic E-state index is -3.64. The maximum absolute atomic E-state index is 12.3. The summed E-state index contributed by atoms with van der Waals surface area (Å²) in [6.07, 6.45) is 0. The number of hydrogen-bond donors (Lipinski definition) is 2. The molecule has 0 saturated carbocycles. The third-order valence-corrected chi connectivity index (χ3v) is 4.37. The molecular formula is C15H18N2O3S. The molecule has 2 aromatic rings. The highest BCUT2D eigenvalue weighted by Gasteiger charge is 2.20. The van der Waals surface area contributed by atoms with Gasteiger partial charge < -0.3 is 10.5 Å². The summed E-state index contributed by atoms with van der Waals surface area (Å²) in [4.78, 5) is 0.0851. The van der Waals surface area contributed by atoms with E-state index >= 15 is 0 Å². The summed E-state index contributed by atoms with van der Waals surface area (Å²) in [5.41, 5.74) is 6.26. The molecule has 0 unspecified atom stereocenters. The van der Waals surface area contributed by atoms with E-state index in [9.17, 15) is 8.42 Å². The van der Waals surface area contributed by atoms with Crippen LogP contribution in [0.5, 0.6) is 11.5 Å². The average molecular weight is 306 g/mol. The molecule has 0 saturated heterocycles. The number of benzene rings is 2. The van der Waals surface area contributed by atoms with Crippen LogP contribution in [0, 0.1) is 0 Å². The van der Waals surface area contributed by atoms with E-state index in [0.29, 0.717) is 11.4 Å². The van der Waals surface area contributed by atoms with Gasteiger partial charge in [-0.05, 0) is 38.1 Å². The predicted molar refractivity (Wildman–Crippen MR) is 82.8 cm³/mol. The van der Waals surface area contributed by atoms with E-state index in [1.54, 1.807) is 56.3 Å². The lowest BCUT2D eigenvalue weighted by Crippen LogP contribution is -2.30. The minimum Gasteiger partial charge on any atom is -0.454 e. The number of sulfonamides is 1. The first-order chi connectivity index (χ1) is 9.90. The van der Waals surface area contributed by atoms with Gasteiger partial charge in [-0.2, -0.15) is 0 Å². The fourth-order valence-electron chi connectivity index (χ4n) is 1.82. The fraction of sp³-hybridized carbons (Fsp3) is 0.200. The lowest BCUT2D eigenvalue weighted by Gasteiger charge is -2.14. The van der Waals surface area contributed by atoms with Crippen molar-refractivity contribution in [1.29, 1.82) is 0 Å². The molecule has 5 nitrogen and oxygen atoms in total. The molecule has 3 N–H and O–H groups in total. The highest BCUT2D eigenvalue weighted by molar-refractivity contribution is 7.89. The summed E-state index contributed by atoms with van der Waals surface area (Å²) in [5, 5.41) is 0. The van der Waals surface area contributed by atoms with Crippen LogP contribution in [0.15, 0.2) is 53.4 Å². The number of para-hydroxylation sites is 3. The number of nitrogens with two attached hydrogens (primary N) is 1. The highest BCUT2D eigenvalue weighted by Crippen LogP contribution is 2.31. The molecule has 2 rings (SSSR count). The first kappa shape index (κ1) is 15.3. The molecule has 0 spiro atoms. The normalized spacial score (nSPS) is 11.6. The van der Waals surface area contributed by atoms with Crippen LogP contribution in [0.4, 0.5) is 5.69 Å². The Kier molecular flexibility index (Phi) is 4.50. The van der Waals surface area contributed by atoms with Crippen LogP contribution in [-0.2, 0) is 10.0 Å². The van der Waals surface area contributed by atoms with E-state index in [0.717, 1.165) is 0 Å². The quantitative estimate of drug-likeness (QED) is 0.832. The first-order valence-corrected chi connectivity index (χ1v) is 8.02. The summed E-state index contributed by atoms with van der Waals surface area (Å²) < 4.78 is 32.8. The van der Waals surface area contributed by atoms with Crippen molar-refractivity contribution in [3.05, 3.63) is 48.5 Å². The van der Waals surface area contributed by atoms with Gasteiger partial charge in [0, 0.05) is 6.04 Å². The summed E-state index contributed by atoms with van der Waals surface area (Å²) >= 11 is 0. The summed E-state index contributed by atoms with van der Waals surface area (Å²) in [6, 6.07) is 13.2. The lowest BCUT2D eigenvalue weighted by molar-refractivity contribution is 0.468. The second-order valence-corrected chi connectivity index (χ2v) is 6.55. The minimum absolute atomic E-state index is 0.0851. The molecule has 0 aromatic heterocycles. The topological polar surface area (TPSA) is 81.4 Å². The van der Waals surface area contributed by atoms with Gasteiger partial charge in [-0.3, -0.25) is 0 Å². The third kappa shape index (κ3) is 3.74. The molecule has 0 radical (unpaired) electrons. The van der Waals surface area contributed by atoms with Crippen LogP contribution < -0.4 is 15.2 Å². The average Bonchev–Trinajstić information content (AvgIpc) is 2.40. The van der Waals surface area contributed by atoms with Gasteiger partial charge in [-0.25, -0.2) is 13.1 Å². The Morgan fingerprint density at radius 2 is 1.57 bits per heavy atom. The van der Waals surface area contributed by atoms with Crippen LogP contribution >= 0.6 is 0 Å². The maximum Gasteiger partial charge on any atom is 0.244 e. The van der Waals surface area contributed by atoms with Gasteiger partial charge in [0.1, 0.15) is 16.4 Å². The van der Waals surface area contributed by atoms with Crippen molar-refractivity contribution in [2.75, 3.05) is 5.73 Å². The van der Waals surface area contributed by atoms with Gasteiger partial charge in [-0.1, -0.05) is 24.3 Å². The summed E-state index contributed by atoms with van der Waals surface area (Å²) in [7, 11) is -3.64. The second kappa shape index (κ2) is 6.15. The molecule has 0 heterocycles. The number of nitrogen functional groups attached to an aromatic ring is 1. The molecular weight excluding hydrogens is 288 g/mol. The van der Waals surface area contributed by atoms with Crippen molar-refractivity contribution in [3.63, 3.8) is 0 Å². The Morgan fingerprint density at radius 1 is 1.00 bits per heavy atom. The van der Waals surface area contributed by atoms with Crippen LogP contribution in [0.2, 0.25) is 0 Å². The number of nitrogens with one attached hydrogen (secondary N) is 1. The smallest absolute Gasteiger partial charge is 0.244 e. The van der Waals surface area contributed by atoms with Crippen molar-refractivity contribution in [2.45, 2.75) is 24.8 Å². The molecule has 6 heteroatoms. The second-order valence-electron chi connectivity index (χ2n) is 4.86. The Balaban J connectivity index is 2.41. The standard InChI is InChI=1S/C15H18N2O3S/c1-11(2)17-21(18,19)15-10-6-5-9-14(15)20-13-8-4-3-7-12(13)16/h3-11,17H,16H2,1-2H3. The summed E-state index contributed by atoms with van der Waals surface area (Å²) in [6.45, 7) is 3.52. The molecule has 0 aliphatic carbocycles. The Bertz CT molecular complexity index is 727. The van der Waals surface area contributed by atoms with Crippen molar-refractivity contribution < 1.29 is 13.2 Å². The van der Waals surface area contributed by atoms with Crippen LogP contribution in [0.3, 0.4) is 0 Å². The van der Waals surface area contributed by atoms with Gasteiger partial charge in [0.25, 0.3) is 0 Å². The van der Waals surface area contributed by atoms with Crippen LogP contribution in [-0.4, -0.2) is 14.5 Å². The van der Waals surface area contributed by atoms with Gasteiger partial charge >= 0.3 is 0 Å². The molecule has 0 aliphatic heterocycles. The lowest BCUT2D eigenvalue weighted by atomic mass is 10.3. The molecule has 0 bridgehead atoms. The molecule has 112 valence electrons. The molecule has 0 atom stereocenters. The zero-order valence-electron chi connectivity index (χ0n) is 11.9. The van der Waals surface area contributed by atoms with Crippen molar-refractivity contribution in [3.8, 4) is 11.5 Å². The first-order valence-electron chi connectivity index (χ1n) is 6.54. The predicted octanol–water partition coefficient (Wildman–Crippen LogP) is 2.75. The van der Waals surface area contributed by atoms with Crippen LogP contribution in [0.25, 0.3) is 0 Å². The van der Waals surface area contributed by atoms with Crippen molar-refractivity contribution in [2.24, 2.45) is 0 Å². The number of hydrogen-bond acceptors (Lipinski definition) is 4. The van der Waals surface area contributed by atoms with Crippen LogP contribution in [0.1, 0.15) is 13.8 Å². The van der Waals surface area contributed by atoms with Gasteiger partial charge in [-0.15, -0.1) is 0 Å². The van der Waals surface area contributed by atoms with Gasteiger partial charge in [0.05, 0.1) is 5.69 Å². The third-order valence-electron chi connectivity index (χ3n) is 2.67. The fourth-order valence-corrected chi connectivity index (χ4v) is 3.20. The molecule has 2 aromatic carbocycles. The van der Waals surface area contributed by atoms with E-state index in [-0.39, 0.29) is 16.7 Å². The number of anilines is 1. The number of ether oxygens (including phenoxy) is 1. The Labute approximate surface area is 124 Å². The van der Waals surface area contributed by atoms with E-state index in [1.807, 2.05) is 0 Å². The van der Waals surface area contributed by atoms with Gasteiger partial charge in [0.2, 0.25) is 10.0 Å². The zero-order valence-corrected chi connectivity index (χ0v) is 12.7. The molecule has 0 aliphatic rings. The maximum atomic E-state index is 12.3. The van der Waals surface area contributed by atoms with Crippen molar-refractivity contribution >= 4 is 15.7 Å². The summed E-state index contributed by atoms with van der Waals surface area (Å²) in [5.74, 6) is 0.660. The van der Waals surface area contributed by atoms with E-state index < -0.39 is 10.0 Å². The Hall–Kier alpha value is -2.05. The van der Waals surface area contributed by atoms with Crippen molar-refractivity contribution in [1.82, 2.24) is 4.72 Å². The largest absolute Gasteiger partial charge is 0.454 e. The SMILES string of the molecule is CC(C)NS(=O)(=O)c1ccccc1Oc1ccccc1N. The van der Waals surface area contributed by atoms with E-state index in [1.165, 1.54) is 6.07 Å². The van der Waals surface area contributed by atoms with Gasteiger partial charge in [0.15, 0.2) is 0 Å². The van der Waals surface area contributed by atoms with E-state index in [4.69, 9.17) is 10.5 Å². The molecule has 21 heavy (non-hydrogen) atoms. The highest BCUT2D eigenvalue weighted by atomic mass is 32.2. The Morgan fingerprint density at radius 3 is 2.19 bits per heavy atom. The monoisotopic (exact) mass is 306 g/mol. The van der Waals surface area contributed by atoms with E-state index in [2.05, 4.69) is 4.72 Å². The number of rotatable bonds is 5. The molecule has 0 amide bonds. The zero-order chi connectivity index (χ0) is 15.5. The molecule has 0 fully saturated rings.